The molecule has 0 saturated carbocycles. The molecule has 0 radical (unpaired) electrons. The number of amides is 1. The third-order valence-electron chi connectivity index (χ3n) is 6.65. The number of nitrogens with zero attached hydrogens (tertiary/aromatic N) is 4. The summed E-state index contributed by atoms with van der Waals surface area (Å²) in [5.74, 6) is 1.69. The van der Waals surface area contributed by atoms with Gasteiger partial charge >= 0.3 is 0 Å². The molecule has 1 spiro atoms. The van der Waals surface area contributed by atoms with Crippen LogP contribution in [0.4, 0.5) is 0 Å². The van der Waals surface area contributed by atoms with Crippen LogP contribution in [0.5, 0.6) is 0 Å². The Morgan fingerprint density at radius 1 is 1.17 bits per heavy atom. The molecule has 2 aliphatic heterocycles. The molecule has 6 nitrogen and oxygen atoms in total. The van der Waals surface area contributed by atoms with Crippen molar-refractivity contribution in [3.05, 3.63) is 47.2 Å². The van der Waals surface area contributed by atoms with E-state index in [4.69, 9.17) is 4.42 Å². The molecule has 1 aromatic carbocycles. The van der Waals surface area contributed by atoms with E-state index in [2.05, 4.69) is 58.1 Å². The molecule has 156 valence electrons. The van der Waals surface area contributed by atoms with Crippen molar-refractivity contribution in [3.63, 3.8) is 0 Å². The minimum Gasteiger partial charge on any atom is -0.424 e. The Labute approximate surface area is 173 Å². The van der Waals surface area contributed by atoms with Crippen molar-refractivity contribution in [2.45, 2.75) is 65.5 Å². The summed E-state index contributed by atoms with van der Waals surface area (Å²) < 4.78 is 5.67. The van der Waals surface area contributed by atoms with E-state index in [9.17, 15) is 4.79 Å². The summed E-state index contributed by atoms with van der Waals surface area (Å²) in [6, 6.07) is 8.63. The number of aryl methyl sites for hydroxylation is 2. The molecular weight excluding hydrogens is 364 g/mol. The zero-order valence-corrected chi connectivity index (χ0v) is 17.9. The Kier molecular flexibility index (Phi) is 5.72. The van der Waals surface area contributed by atoms with E-state index in [1.54, 1.807) is 0 Å². The summed E-state index contributed by atoms with van der Waals surface area (Å²) in [5.41, 5.74) is 2.60. The van der Waals surface area contributed by atoms with Crippen LogP contribution in [0.25, 0.3) is 0 Å². The predicted molar refractivity (Wildman–Crippen MR) is 111 cm³/mol. The first-order valence-electron chi connectivity index (χ1n) is 10.8. The molecule has 2 fully saturated rings. The minimum absolute atomic E-state index is 0.263. The summed E-state index contributed by atoms with van der Waals surface area (Å²) in [5, 5.41) is 8.21. The van der Waals surface area contributed by atoms with E-state index in [0.29, 0.717) is 24.2 Å². The average molecular weight is 397 g/mol. The fourth-order valence-electron chi connectivity index (χ4n) is 4.87. The second-order valence-corrected chi connectivity index (χ2v) is 8.96. The smallest absolute Gasteiger partial charge is 0.230 e. The SMILES string of the molecule is CCc1nnc(CN2CCC3(CC2)CC(C)N(C(=O)Cc2ccc(C)cc2)C3)o1. The second-order valence-electron chi connectivity index (χ2n) is 8.96. The molecule has 29 heavy (non-hydrogen) atoms. The van der Waals surface area contributed by atoms with Gasteiger partial charge in [0.2, 0.25) is 17.7 Å². The van der Waals surface area contributed by atoms with E-state index in [0.717, 1.165) is 57.4 Å². The van der Waals surface area contributed by atoms with Gasteiger partial charge in [0.1, 0.15) is 0 Å². The Balaban J connectivity index is 1.32. The highest BCUT2D eigenvalue weighted by atomic mass is 16.4. The van der Waals surface area contributed by atoms with Gasteiger partial charge < -0.3 is 9.32 Å². The average Bonchev–Trinajstić information content (AvgIpc) is 3.30. The van der Waals surface area contributed by atoms with E-state index in [-0.39, 0.29) is 11.3 Å². The lowest BCUT2D eigenvalue weighted by atomic mass is 9.77. The topological polar surface area (TPSA) is 62.5 Å². The molecule has 1 atom stereocenters. The zero-order valence-electron chi connectivity index (χ0n) is 17.9. The van der Waals surface area contributed by atoms with Crippen molar-refractivity contribution in [1.29, 1.82) is 0 Å². The Bertz CT molecular complexity index is 837. The van der Waals surface area contributed by atoms with E-state index in [1.165, 1.54) is 5.56 Å². The first kappa shape index (κ1) is 20.1. The molecule has 1 amide bonds. The largest absolute Gasteiger partial charge is 0.424 e. The van der Waals surface area contributed by atoms with Crippen molar-refractivity contribution >= 4 is 5.91 Å². The van der Waals surface area contributed by atoms with Crippen LogP contribution in [-0.4, -0.2) is 51.6 Å². The number of piperidine rings is 1. The summed E-state index contributed by atoms with van der Waals surface area (Å²) in [4.78, 5) is 17.5. The molecule has 1 aromatic heterocycles. The summed E-state index contributed by atoms with van der Waals surface area (Å²) in [6.45, 7) is 9.98. The van der Waals surface area contributed by atoms with Crippen LogP contribution in [0, 0.1) is 12.3 Å². The van der Waals surface area contributed by atoms with Gasteiger partial charge in [-0.3, -0.25) is 9.69 Å². The summed E-state index contributed by atoms with van der Waals surface area (Å²) >= 11 is 0. The fraction of sp³-hybridized carbons (Fsp3) is 0.609. The molecular formula is C23H32N4O2. The van der Waals surface area contributed by atoms with Gasteiger partial charge in [-0.25, -0.2) is 0 Å². The van der Waals surface area contributed by atoms with Crippen LogP contribution in [0.3, 0.4) is 0 Å². The van der Waals surface area contributed by atoms with E-state index < -0.39 is 0 Å². The van der Waals surface area contributed by atoms with Gasteiger partial charge in [0.15, 0.2) is 0 Å². The van der Waals surface area contributed by atoms with Gasteiger partial charge in [0, 0.05) is 19.0 Å². The molecule has 0 N–H and O–H groups in total. The maximum atomic E-state index is 13.0. The van der Waals surface area contributed by atoms with Crippen LogP contribution >= 0.6 is 0 Å². The monoisotopic (exact) mass is 396 g/mol. The predicted octanol–water partition coefficient (Wildman–Crippen LogP) is 3.39. The van der Waals surface area contributed by atoms with Crippen molar-refractivity contribution in [1.82, 2.24) is 20.0 Å². The molecule has 6 heteroatoms. The molecule has 2 aliphatic rings. The molecule has 1 unspecified atom stereocenters. The van der Waals surface area contributed by atoms with Crippen LogP contribution in [-0.2, 0) is 24.2 Å². The van der Waals surface area contributed by atoms with Crippen LogP contribution in [0.15, 0.2) is 28.7 Å². The van der Waals surface area contributed by atoms with Gasteiger partial charge in [-0.1, -0.05) is 36.8 Å². The lowest BCUT2D eigenvalue weighted by Crippen LogP contribution is -2.42. The summed E-state index contributed by atoms with van der Waals surface area (Å²) in [7, 11) is 0. The third kappa shape index (κ3) is 4.53. The highest BCUT2D eigenvalue weighted by Gasteiger charge is 2.45. The lowest BCUT2D eigenvalue weighted by molar-refractivity contribution is -0.131. The van der Waals surface area contributed by atoms with E-state index >= 15 is 0 Å². The van der Waals surface area contributed by atoms with Gasteiger partial charge in [0.25, 0.3) is 0 Å². The Morgan fingerprint density at radius 2 is 1.86 bits per heavy atom. The van der Waals surface area contributed by atoms with Gasteiger partial charge in [-0.15, -0.1) is 10.2 Å². The van der Waals surface area contributed by atoms with Crippen molar-refractivity contribution in [2.75, 3.05) is 19.6 Å². The van der Waals surface area contributed by atoms with Crippen molar-refractivity contribution < 1.29 is 9.21 Å². The number of carbonyl (C=O) groups is 1. The normalized spacial score (nSPS) is 21.8. The first-order valence-corrected chi connectivity index (χ1v) is 10.8. The Hall–Kier alpha value is -2.21. The number of likely N-dealkylation sites (tertiary alicyclic amines) is 2. The number of hydrogen-bond donors (Lipinski definition) is 0. The van der Waals surface area contributed by atoms with Gasteiger partial charge in [-0.2, -0.15) is 0 Å². The van der Waals surface area contributed by atoms with E-state index in [1.807, 2.05) is 6.92 Å². The van der Waals surface area contributed by atoms with Crippen molar-refractivity contribution in [3.8, 4) is 0 Å². The second kappa shape index (κ2) is 8.27. The minimum atomic E-state index is 0.263. The quantitative estimate of drug-likeness (QED) is 0.775. The zero-order chi connectivity index (χ0) is 20.4. The van der Waals surface area contributed by atoms with Crippen LogP contribution in [0.2, 0.25) is 0 Å². The maximum absolute atomic E-state index is 13.0. The molecule has 0 aliphatic carbocycles. The maximum Gasteiger partial charge on any atom is 0.230 e. The number of carbonyl (C=O) groups excluding carboxylic acids is 1. The number of rotatable bonds is 5. The standard InChI is InChI=1S/C23H32N4O2/c1-4-20-24-25-21(29-20)15-26-11-9-23(10-12-26)14-18(3)27(16-23)22(28)13-19-7-5-17(2)6-8-19/h5-8,18H,4,9-16H2,1-3H3. The van der Waals surface area contributed by atoms with Gasteiger partial charge in [-0.05, 0) is 57.2 Å². The number of aromatic nitrogens is 2. The molecule has 2 saturated heterocycles. The first-order chi connectivity index (χ1) is 14.0. The summed E-state index contributed by atoms with van der Waals surface area (Å²) in [6.07, 6.45) is 4.64. The number of hydrogen-bond acceptors (Lipinski definition) is 5. The lowest BCUT2D eigenvalue weighted by Gasteiger charge is -2.38. The van der Waals surface area contributed by atoms with Crippen LogP contribution < -0.4 is 0 Å². The van der Waals surface area contributed by atoms with Crippen LogP contribution in [0.1, 0.15) is 56.0 Å². The van der Waals surface area contributed by atoms with Crippen molar-refractivity contribution in [2.24, 2.45) is 5.41 Å². The molecule has 2 aromatic rings. The molecule has 4 rings (SSSR count). The molecule has 0 bridgehead atoms. The third-order valence-corrected chi connectivity index (χ3v) is 6.65. The number of benzene rings is 1. The highest BCUT2D eigenvalue weighted by molar-refractivity contribution is 5.79. The molecule has 3 heterocycles. The highest BCUT2D eigenvalue weighted by Crippen LogP contribution is 2.43. The van der Waals surface area contributed by atoms with Gasteiger partial charge in [0.05, 0.1) is 13.0 Å². The Morgan fingerprint density at radius 3 is 2.52 bits per heavy atom. The fourth-order valence-corrected chi connectivity index (χ4v) is 4.87.